The second-order valence-corrected chi connectivity index (χ2v) is 7.19. The van der Waals surface area contributed by atoms with Crippen LogP contribution < -0.4 is 0 Å². The van der Waals surface area contributed by atoms with E-state index in [0.717, 1.165) is 24.2 Å². The Morgan fingerprint density at radius 1 is 1.31 bits per heavy atom. The maximum Gasteiger partial charge on any atom is 0.337 e. The highest BCUT2D eigenvalue weighted by atomic mass is 16.5. The number of rotatable bonds is 1. The van der Waals surface area contributed by atoms with Crippen molar-refractivity contribution < 1.29 is 14.3 Å². The van der Waals surface area contributed by atoms with Crippen molar-refractivity contribution in [2.75, 3.05) is 7.11 Å². The summed E-state index contributed by atoms with van der Waals surface area (Å²) >= 11 is 0. The van der Waals surface area contributed by atoms with E-state index in [-0.39, 0.29) is 23.9 Å². The molecule has 0 radical (unpaired) electrons. The van der Waals surface area contributed by atoms with Crippen LogP contribution in [0, 0.1) is 11.8 Å². The zero-order chi connectivity index (χ0) is 17.8. The quantitative estimate of drug-likeness (QED) is 0.633. The molecule has 4 aliphatic rings. The smallest absolute Gasteiger partial charge is 0.337 e. The number of nitrogens with zero attached hydrogens (tertiary/aromatic N) is 2. The number of carbonyl (C=O) groups is 1. The topological polar surface area (TPSA) is 53.4 Å². The number of methoxy groups -OCH3 is 1. The van der Waals surface area contributed by atoms with Gasteiger partial charge in [-0.2, -0.15) is 0 Å². The third-order valence-electron chi connectivity index (χ3n) is 5.89. The summed E-state index contributed by atoms with van der Waals surface area (Å²) in [5.41, 5.74) is 5.05. The third kappa shape index (κ3) is 2.09. The number of hydrogen-bond donors (Lipinski definition) is 0. The molecule has 3 atom stereocenters. The fourth-order valence-corrected chi connectivity index (χ4v) is 4.49. The van der Waals surface area contributed by atoms with E-state index < -0.39 is 0 Å². The maximum atomic E-state index is 12.3. The van der Waals surface area contributed by atoms with Crippen LogP contribution in [0.1, 0.15) is 12.6 Å². The molecule has 0 bridgehead atoms. The maximum absolute atomic E-state index is 12.3. The molecule has 2 unspecified atom stereocenters. The number of pyridine rings is 1. The van der Waals surface area contributed by atoms with Gasteiger partial charge in [0.25, 0.3) is 0 Å². The van der Waals surface area contributed by atoms with E-state index in [9.17, 15) is 4.79 Å². The predicted molar refractivity (Wildman–Crippen MR) is 97.7 cm³/mol. The normalized spacial score (nSPS) is 24.5. The minimum absolute atomic E-state index is 0.0662. The second kappa shape index (κ2) is 5.59. The molecule has 4 heterocycles. The van der Waals surface area contributed by atoms with Gasteiger partial charge in [0.2, 0.25) is 0 Å². The zero-order valence-electron chi connectivity index (χ0n) is 14.8. The molecule has 0 aromatic heterocycles. The number of carbonyl (C=O) groups excluding carboxylic acids is 1. The van der Waals surface area contributed by atoms with Crippen molar-refractivity contribution in [2.24, 2.45) is 11.8 Å². The van der Waals surface area contributed by atoms with Crippen LogP contribution in [0.15, 0.2) is 48.4 Å². The summed E-state index contributed by atoms with van der Waals surface area (Å²) in [5, 5.41) is 1.18. The second-order valence-electron chi connectivity index (χ2n) is 7.19. The van der Waals surface area contributed by atoms with Gasteiger partial charge < -0.3 is 14.0 Å². The molecule has 5 rings (SSSR count). The molecule has 0 N–H and O–H groups in total. The van der Waals surface area contributed by atoms with Gasteiger partial charge in [-0.3, -0.25) is 0 Å². The first-order chi connectivity index (χ1) is 12.7. The highest BCUT2D eigenvalue weighted by Crippen LogP contribution is 2.42. The lowest BCUT2D eigenvalue weighted by Gasteiger charge is -2.41. The Morgan fingerprint density at radius 2 is 2.15 bits per heavy atom. The predicted octanol–water partition coefficient (Wildman–Crippen LogP) is 3.41. The van der Waals surface area contributed by atoms with Crippen LogP contribution in [0.2, 0.25) is 0 Å². The van der Waals surface area contributed by atoms with Gasteiger partial charge in [-0.15, -0.1) is 0 Å². The zero-order valence-corrected chi connectivity index (χ0v) is 14.8. The van der Waals surface area contributed by atoms with E-state index >= 15 is 0 Å². The van der Waals surface area contributed by atoms with Crippen LogP contribution in [0.25, 0.3) is 22.2 Å². The van der Waals surface area contributed by atoms with Crippen molar-refractivity contribution in [3.63, 3.8) is 0 Å². The van der Waals surface area contributed by atoms with E-state index in [1.54, 1.807) is 6.26 Å². The average Bonchev–Trinajstić information content (AvgIpc) is 3.06. The lowest BCUT2D eigenvalue weighted by Crippen LogP contribution is -2.42. The fraction of sp³-hybridized carbons (Fsp3) is 0.333. The van der Waals surface area contributed by atoms with Gasteiger partial charge in [0.15, 0.2) is 0 Å². The molecule has 5 nitrogen and oxygen atoms in total. The molecular weight excluding hydrogens is 328 g/mol. The van der Waals surface area contributed by atoms with E-state index in [2.05, 4.69) is 29.8 Å². The highest BCUT2D eigenvalue weighted by molar-refractivity contribution is 5.98. The van der Waals surface area contributed by atoms with Gasteiger partial charge in [0.05, 0.1) is 30.2 Å². The standard InChI is InChI=1S/C21H20N2O3/c1-12-16-10-23-8-7-14-13-5-3-4-6-18(13)22-20(14)19(23)9-15(16)17(11-26-12)21(24)25-2/h3-8,11-12,15-16H,9-10H2,1-2H3/t12-,15?,16?/m0/s1. The number of para-hydroxylation sites is 1. The third-order valence-corrected chi connectivity index (χ3v) is 5.89. The SMILES string of the molecule is COC(=O)C1=CO[C@@H](C)C2Cn3ccc4c5ccccc5nc-4c3CC12. The first-order valence-corrected chi connectivity index (χ1v) is 8.97. The number of benzene rings is 1. The Balaban J connectivity index is 1.66. The molecule has 0 spiro atoms. The van der Waals surface area contributed by atoms with Gasteiger partial charge in [-0.1, -0.05) is 18.2 Å². The van der Waals surface area contributed by atoms with Crippen LogP contribution in [0.3, 0.4) is 0 Å². The summed E-state index contributed by atoms with van der Waals surface area (Å²) in [6.45, 7) is 2.88. The highest BCUT2D eigenvalue weighted by Gasteiger charge is 2.42. The van der Waals surface area contributed by atoms with Crippen molar-refractivity contribution in [1.82, 2.24) is 9.55 Å². The van der Waals surface area contributed by atoms with Crippen molar-refractivity contribution in [3.05, 3.63) is 54.1 Å². The van der Waals surface area contributed by atoms with Crippen LogP contribution in [0.4, 0.5) is 0 Å². The molecule has 0 saturated heterocycles. The number of hydrogen-bond acceptors (Lipinski definition) is 4. The van der Waals surface area contributed by atoms with E-state index in [0.29, 0.717) is 5.57 Å². The summed E-state index contributed by atoms with van der Waals surface area (Å²) in [7, 11) is 1.42. The summed E-state index contributed by atoms with van der Waals surface area (Å²) in [5.74, 6) is 0.0400. The summed E-state index contributed by atoms with van der Waals surface area (Å²) < 4.78 is 13.0. The summed E-state index contributed by atoms with van der Waals surface area (Å²) in [6, 6.07) is 10.4. The van der Waals surface area contributed by atoms with Crippen molar-refractivity contribution >= 4 is 16.9 Å². The fourth-order valence-electron chi connectivity index (χ4n) is 4.49. The van der Waals surface area contributed by atoms with Crippen molar-refractivity contribution in [2.45, 2.75) is 26.0 Å². The molecule has 0 saturated carbocycles. The Kier molecular flexibility index (Phi) is 3.32. The van der Waals surface area contributed by atoms with Crippen LogP contribution in [-0.4, -0.2) is 28.7 Å². The van der Waals surface area contributed by atoms with Crippen LogP contribution in [-0.2, 0) is 27.2 Å². The van der Waals surface area contributed by atoms with Gasteiger partial charge >= 0.3 is 5.97 Å². The Labute approximate surface area is 151 Å². The van der Waals surface area contributed by atoms with Gasteiger partial charge in [-0.05, 0) is 25.5 Å². The van der Waals surface area contributed by atoms with Gasteiger partial charge in [0.1, 0.15) is 6.10 Å². The largest absolute Gasteiger partial charge is 0.497 e. The molecule has 0 fully saturated rings. The average molecular weight is 348 g/mol. The van der Waals surface area contributed by atoms with E-state index in [1.165, 1.54) is 23.8 Å². The van der Waals surface area contributed by atoms with Gasteiger partial charge in [0, 0.05) is 41.2 Å². The van der Waals surface area contributed by atoms with E-state index in [1.807, 2.05) is 18.2 Å². The monoisotopic (exact) mass is 348 g/mol. The van der Waals surface area contributed by atoms with Gasteiger partial charge in [-0.25, -0.2) is 9.78 Å². The number of esters is 1. The number of ether oxygens (including phenoxy) is 2. The molecular formula is C21H20N2O3. The van der Waals surface area contributed by atoms with Crippen molar-refractivity contribution in [1.29, 1.82) is 0 Å². The molecule has 0 aliphatic carbocycles. The minimum Gasteiger partial charge on any atom is -0.497 e. The lowest BCUT2D eigenvalue weighted by atomic mass is 9.75. The van der Waals surface area contributed by atoms with E-state index in [4.69, 9.17) is 14.5 Å². The minimum atomic E-state index is -0.298. The number of aromatic nitrogens is 2. The summed E-state index contributed by atoms with van der Waals surface area (Å²) in [4.78, 5) is 17.1. The number of fused-ring (bicyclic) bond motifs is 6. The first kappa shape index (κ1) is 15.4. The lowest BCUT2D eigenvalue weighted by molar-refractivity contribution is -0.138. The first-order valence-electron chi connectivity index (χ1n) is 8.97. The molecule has 4 aliphatic heterocycles. The van der Waals surface area contributed by atoms with Crippen LogP contribution in [0.5, 0.6) is 0 Å². The Hall–Kier alpha value is -2.82. The molecule has 26 heavy (non-hydrogen) atoms. The molecule has 1 aromatic rings. The summed E-state index contributed by atoms with van der Waals surface area (Å²) in [6.07, 6.45) is 4.57. The molecule has 0 amide bonds. The molecule has 132 valence electrons. The molecule has 1 aromatic carbocycles. The van der Waals surface area contributed by atoms with Crippen molar-refractivity contribution in [3.8, 4) is 11.3 Å². The Bertz CT molecular complexity index is 1020. The Morgan fingerprint density at radius 3 is 3.00 bits per heavy atom. The molecule has 5 heteroatoms. The van der Waals surface area contributed by atoms with Crippen LogP contribution >= 0.6 is 0 Å².